The van der Waals surface area contributed by atoms with Crippen LogP contribution in [0, 0.1) is 17.2 Å². The topological polar surface area (TPSA) is 73.2 Å². The fourth-order valence-corrected chi connectivity index (χ4v) is 3.44. The maximum absolute atomic E-state index is 12.0. The number of nitriles is 1. The van der Waals surface area contributed by atoms with Crippen molar-refractivity contribution in [2.24, 2.45) is 5.92 Å². The largest absolute Gasteiger partial charge is 0.370 e. The molecule has 2 saturated heterocycles. The number of rotatable bonds is 2. The van der Waals surface area contributed by atoms with Gasteiger partial charge in [-0.25, -0.2) is 0 Å². The van der Waals surface area contributed by atoms with Crippen LogP contribution in [0.25, 0.3) is 0 Å². The quantitative estimate of drug-likeness (QED) is 0.849. The minimum Gasteiger partial charge on any atom is -0.370 e. The predicted octanol–water partition coefficient (Wildman–Crippen LogP) is 2.19. The molecule has 0 spiro atoms. The van der Waals surface area contributed by atoms with E-state index in [2.05, 4.69) is 23.2 Å². The number of hydrogen-bond acceptors (Lipinski definition) is 4. The summed E-state index contributed by atoms with van der Waals surface area (Å²) < 4.78 is 0. The first kappa shape index (κ1) is 14.9. The normalized spacial score (nSPS) is 22.0. The number of halogens is 1. The Morgan fingerprint density at radius 2 is 2.09 bits per heavy atom. The average Bonchev–Trinajstić information content (AvgIpc) is 2.44. The SMILES string of the molecule is CC1CN(c2ccc(C3CCC(=O)NC3=O)c(Cl)c2C#N)C1. The molecule has 0 aliphatic carbocycles. The highest BCUT2D eigenvalue weighted by atomic mass is 35.5. The Balaban J connectivity index is 1.95. The first-order valence-corrected chi connectivity index (χ1v) is 7.70. The highest BCUT2D eigenvalue weighted by Crippen LogP contribution is 2.38. The van der Waals surface area contributed by atoms with Gasteiger partial charge in [-0.15, -0.1) is 0 Å². The van der Waals surface area contributed by atoms with Crippen LogP contribution in [0.3, 0.4) is 0 Å². The van der Waals surface area contributed by atoms with Crippen molar-refractivity contribution in [3.63, 3.8) is 0 Å². The van der Waals surface area contributed by atoms with Crippen molar-refractivity contribution in [3.8, 4) is 6.07 Å². The molecule has 1 aromatic rings. The smallest absolute Gasteiger partial charge is 0.234 e. The van der Waals surface area contributed by atoms with Gasteiger partial charge in [0.15, 0.2) is 0 Å². The van der Waals surface area contributed by atoms with E-state index in [1.54, 1.807) is 0 Å². The van der Waals surface area contributed by atoms with Gasteiger partial charge in [-0.2, -0.15) is 5.26 Å². The third-order valence-electron chi connectivity index (χ3n) is 4.28. The molecule has 1 unspecified atom stereocenters. The zero-order chi connectivity index (χ0) is 15.9. The summed E-state index contributed by atoms with van der Waals surface area (Å²) in [6, 6.07) is 5.82. The molecule has 2 amide bonds. The first-order chi connectivity index (χ1) is 10.5. The van der Waals surface area contributed by atoms with Gasteiger partial charge < -0.3 is 4.90 Å². The van der Waals surface area contributed by atoms with E-state index >= 15 is 0 Å². The van der Waals surface area contributed by atoms with Crippen molar-refractivity contribution in [2.45, 2.75) is 25.7 Å². The van der Waals surface area contributed by atoms with Crippen LogP contribution in [-0.2, 0) is 9.59 Å². The number of benzene rings is 1. The summed E-state index contributed by atoms with van der Waals surface area (Å²) in [6.07, 6.45) is 0.718. The fraction of sp³-hybridized carbons (Fsp3) is 0.438. The summed E-state index contributed by atoms with van der Waals surface area (Å²) in [5.74, 6) is -0.460. The van der Waals surface area contributed by atoms with E-state index < -0.39 is 5.92 Å². The monoisotopic (exact) mass is 317 g/mol. The molecule has 0 saturated carbocycles. The van der Waals surface area contributed by atoms with Crippen molar-refractivity contribution in [3.05, 3.63) is 28.3 Å². The van der Waals surface area contributed by atoms with Crippen LogP contribution in [0.1, 0.15) is 36.8 Å². The minimum atomic E-state index is -0.471. The van der Waals surface area contributed by atoms with Crippen LogP contribution >= 0.6 is 11.6 Å². The van der Waals surface area contributed by atoms with Crippen LogP contribution < -0.4 is 10.2 Å². The Morgan fingerprint density at radius 1 is 1.36 bits per heavy atom. The summed E-state index contributed by atoms with van der Waals surface area (Å²) in [6.45, 7) is 3.97. The lowest BCUT2D eigenvalue weighted by Crippen LogP contribution is -2.45. The van der Waals surface area contributed by atoms with Crippen LogP contribution in [-0.4, -0.2) is 24.9 Å². The zero-order valence-corrected chi connectivity index (χ0v) is 13.0. The minimum absolute atomic E-state index is 0.260. The zero-order valence-electron chi connectivity index (χ0n) is 12.2. The molecular formula is C16H16ClN3O2. The molecule has 0 aromatic heterocycles. The number of amides is 2. The summed E-state index contributed by atoms with van der Waals surface area (Å²) in [7, 11) is 0. The molecule has 2 aliphatic heterocycles. The molecule has 3 rings (SSSR count). The highest BCUT2D eigenvalue weighted by molar-refractivity contribution is 6.33. The molecule has 0 bridgehead atoms. The van der Waals surface area contributed by atoms with Crippen LogP contribution in [0.15, 0.2) is 12.1 Å². The standard InChI is InChI=1S/C16H16ClN3O2/c1-9-7-20(8-9)13-4-2-10(15(17)12(13)6-18)11-3-5-14(21)19-16(11)22/h2,4,9,11H,3,5,7-8H2,1H3,(H,19,21,22). The van der Waals surface area contributed by atoms with Gasteiger partial charge in [0.2, 0.25) is 11.8 Å². The molecule has 1 aromatic carbocycles. The van der Waals surface area contributed by atoms with Crippen molar-refractivity contribution in [1.29, 1.82) is 5.26 Å². The Hall–Kier alpha value is -2.06. The van der Waals surface area contributed by atoms with E-state index in [4.69, 9.17) is 11.6 Å². The molecular weight excluding hydrogens is 302 g/mol. The van der Waals surface area contributed by atoms with Crippen molar-refractivity contribution < 1.29 is 9.59 Å². The van der Waals surface area contributed by atoms with Gasteiger partial charge >= 0.3 is 0 Å². The van der Waals surface area contributed by atoms with Gasteiger partial charge in [0.05, 0.1) is 22.2 Å². The number of hydrogen-bond donors (Lipinski definition) is 1. The summed E-state index contributed by atoms with van der Waals surface area (Å²) in [5, 5.41) is 12.1. The second-order valence-electron chi connectivity index (χ2n) is 5.99. The number of carbonyl (C=O) groups excluding carboxylic acids is 2. The van der Waals surface area contributed by atoms with E-state index in [9.17, 15) is 14.9 Å². The van der Waals surface area contributed by atoms with Crippen LogP contribution in [0.5, 0.6) is 0 Å². The van der Waals surface area contributed by atoms with E-state index in [-0.39, 0.29) is 11.8 Å². The maximum Gasteiger partial charge on any atom is 0.234 e. The van der Waals surface area contributed by atoms with E-state index in [0.29, 0.717) is 34.9 Å². The predicted molar refractivity (Wildman–Crippen MR) is 82.7 cm³/mol. The lowest BCUT2D eigenvalue weighted by molar-refractivity contribution is -0.134. The first-order valence-electron chi connectivity index (χ1n) is 7.32. The molecule has 22 heavy (non-hydrogen) atoms. The number of carbonyl (C=O) groups is 2. The van der Waals surface area contributed by atoms with Gasteiger partial charge in [-0.3, -0.25) is 14.9 Å². The van der Waals surface area contributed by atoms with Crippen molar-refractivity contribution in [1.82, 2.24) is 5.32 Å². The van der Waals surface area contributed by atoms with E-state index in [1.807, 2.05) is 12.1 Å². The molecule has 6 heteroatoms. The second kappa shape index (κ2) is 5.62. The number of imide groups is 1. The third-order valence-corrected chi connectivity index (χ3v) is 4.69. The fourth-order valence-electron chi connectivity index (χ4n) is 3.11. The second-order valence-corrected chi connectivity index (χ2v) is 6.37. The maximum atomic E-state index is 12.0. The van der Waals surface area contributed by atoms with Crippen molar-refractivity contribution in [2.75, 3.05) is 18.0 Å². The van der Waals surface area contributed by atoms with Gasteiger partial charge in [0.25, 0.3) is 0 Å². The average molecular weight is 318 g/mol. The Morgan fingerprint density at radius 3 is 2.68 bits per heavy atom. The molecule has 2 heterocycles. The van der Waals surface area contributed by atoms with Gasteiger partial charge in [0.1, 0.15) is 6.07 Å². The Bertz CT molecular complexity index is 689. The van der Waals surface area contributed by atoms with Crippen LogP contribution in [0.4, 0.5) is 5.69 Å². The molecule has 5 nitrogen and oxygen atoms in total. The highest BCUT2D eigenvalue weighted by Gasteiger charge is 2.32. The number of nitrogens with one attached hydrogen (secondary N) is 1. The van der Waals surface area contributed by atoms with Crippen molar-refractivity contribution >= 4 is 29.1 Å². The van der Waals surface area contributed by atoms with Crippen LogP contribution in [0.2, 0.25) is 5.02 Å². The summed E-state index contributed by atoms with van der Waals surface area (Å²) in [5.41, 5.74) is 1.86. The Labute approximate surface area is 133 Å². The van der Waals surface area contributed by atoms with Gasteiger partial charge in [-0.05, 0) is 24.0 Å². The molecule has 0 radical (unpaired) electrons. The molecule has 2 fully saturated rings. The lowest BCUT2D eigenvalue weighted by atomic mass is 9.88. The van der Waals surface area contributed by atoms with Gasteiger partial charge in [-0.1, -0.05) is 24.6 Å². The number of anilines is 1. The number of piperidine rings is 1. The van der Waals surface area contributed by atoms with E-state index in [1.165, 1.54) is 0 Å². The molecule has 1 N–H and O–H groups in total. The lowest BCUT2D eigenvalue weighted by Gasteiger charge is -2.40. The summed E-state index contributed by atoms with van der Waals surface area (Å²) in [4.78, 5) is 25.4. The summed E-state index contributed by atoms with van der Waals surface area (Å²) >= 11 is 6.40. The third kappa shape index (κ3) is 2.44. The molecule has 114 valence electrons. The number of nitrogens with zero attached hydrogens (tertiary/aromatic N) is 2. The van der Waals surface area contributed by atoms with Gasteiger partial charge in [0, 0.05) is 19.5 Å². The molecule has 2 aliphatic rings. The molecule has 1 atom stereocenters. The Kier molecular flexibility index (Phi) is 3.79. The van der Waals surface area contributed by atoms with E-state index in [0.717, 1.165) is 18.8 Å².